The van der Waals surface area contributed by atoms with E-state index < -0.39 is 5.63 Å². The second kappa shape index (κ2) is 7.03. The van der Waals surface area contributed by atoms with E-state index >= 15 is 0 Å². The van der Waals surface area contributed by atoms with Gasteiger partial charge < -0.3 is 18.8 Å². The van der Waals surface area contributed by atoms with Gasteiger partial charge in [0.15, 0.2) is 11.5 Å². The summed E-state index contributed by atoms with van der Waals surface area (Å²) in [5.74, 6) is 1.07. The lowest BCUT2D eigenvalue weighted by Crippen LogP contribution is -2.39. The van der Waals surface area contributed by atoms with E-state index in [9.17, 15) is 9.59 Å². The minimum absolute atomic E-state index is 0.0108. The van der Waals surface area contributed by atoms with E-state index in [2.05, 4.69) is 20.8 Å². The molecule has 1 saturated heterocycles. The molecule has 6 nitrogen and oxygen atoms in total. The van der Waals surface area contributed by atoms with Gasteiger partial charge >= 0.3 is 5.63 Å². The molecule has 1 aliphatic carbocycles. The molecule has 2 fully saturated rings. The van der Waals surface area contributed by atoms with Gasteiger partial charge in [-0.2, -0.15) is 0 Å². The van der Waals surface area contributed by atoms with Crippen LogP contribution < -0.4 is 15.1 Å². The largest absolute Gasteiger partial charge is 0.493 e. The zero-order valence-electron chi connectivity index (χ0n) is 18.8. The number of likely N-dealkylation sites (tertiary alicyclic amines) is 1. The first-order valence-electron chi connectivity index (χ1n) is 10.5. The molecule has 2 atom stereocenters. The minimum Gasteiger partial charge on any atom is -0.493 e. The van der Waals surface area contributed by atoms with Gasteiger partial charge in [0.2, 0.25) is 5.91 Å². The van der Waals surface area contributed by atoms with E-state index in [1.165, 1.54) is 7.11 Å². The Labute approximate surface area is 177 Å². The summed E-state index contributed by atoms with van der Waals surface area (Å²) in [5, 5.41) is 0.753. The van der Waals surface area contributed by atoms with Gasteiger partial charge in [-0.15, -0.1) is 0 Å². The first-order chi connectivity index (χ1) is 14.1. The molecule has 2 aliphatic rings. The van der Waals surface area contributed by atoms with Gasteiger partial charge in [0.05, 0.1) is 26.2 Å². The standard InChI is InChI=1S/C24H31NO5/c1-14-16-7-19(28-5)20(29-6)9-18(16)30-22(27)17(14)8-21(26)25-13-24(4)11-15(25)10-23(2,3)12-24/h7,9,15H,8,10-13H2,1-6H3/t15-,24-/m1/s1. The summed E-state index contributed by atoms with van der Waals surface area (Å²) in [6, 6.07) is 3.71. The third-order valence-electron chi connectivity index (χ3n) is 6.85. The fourth-order valence-corrected chi connectivity index (χ4v) is 5.92. The molecule has 0 unspecified atom stereocenters. The van der Waals surface area contributed by atoms with E-state index in [4.69, 9.17) is 13.9 Å². The Hall–Kier alpha value is -2.50. The summed E-state index contributed by atoms with van der Waals surface area (Å²) in [4.78, 5) is 28.0. The van der Waals surface area contributed by atoms with Crippen molar-refractivity contribution in [3.63, 3.8) is 0 Å². The number of carbonyl (C=O) groups excluding carboxylic acids is 1. The SMILES string of the molecule is COc1cc2oc(=O)c(CC(=O)N3C[C@]4(C)C[C@H]3CC(C)(C)C4)c(C)c2cc1OC. The summed E-state index contributed by atoms with van der Waals surface area (Å²) < 4.78 is 16.3. The maximum atomic E-state index is 13.3. The lowest BCUT2D eigenvalue weighted by molar-refractivity contribution is -0.131. The first kappa shape index (κ1) is 20.8. The Morgan fingerprint density at radius 3 is 2.50 bits per heavy atom. The molecule has 0 radical (unpaired) electrons. The van der Waals surface area contributed by atoms with Gasteiger partial charge in [-0.3, -0.25) is 4.79 Å². The zero-order chi connectivity index (χ0) is 21.8. The molecule has 0 N–H and O–H groups in total. The summed E-state index contributed by atoms with van der Waals surface area (Å²) in [5.41, 5.74) is 1.54. The van der Waals surface area contributed by atoms with Crippen LogP contribution in [0.15, 0.2) is 21.3 Å². The predicted octanol–water partition coefficient (Wildman–Crippen LogP) is 4.09. The highest BCUT2D eigenvalue weighted by Gasteiger charge is 2.50. The van der Waals surface area contributed by atoms with Crippen molar-refractivity contribution in [3.05, 3.63) is 33.7 Å². The van der Waals surface area contributed by atoms with Crippen molar-refractivity contribution >= 4 is 16.9 Å². The molecule has 2 aromatic rings. The molecule has 6 heteroatoms. The molecule has 1 aliphatic heterocycles. The topological polar surface area (TPSA) is 69.0 Å². The van der Waals surface area contributed by atoms with Crippen molar-refractivity contribution in [2.45, 2.75) is 59.4 Å². The predicted molar refractivity (Wildman–Crippen MR) is 115 cm³/mol. The van der Waals surface area contributed by atoms with Crippen molar-refractivity contribution in [2.24, 2.45) is 10.8 Å². The van der Waals surface area contributed by atoms with Crippen LogP contribution in [0.25, 0.3) is 11.0 Å². The molecule has 1 amide bonds. The summed E-state index contributed by atoms with van der Waals surface area (Å²) in [6.07, 6.45) is 3.24. The molecule has 162 valence electrons. The van der Waals surface area contributed by atoms with Crippen LogP contribution in [0.3, 0.4) is 0 Å². The van der Waals surface area contributed by atoms with Crippen LogP contribution in [-0.2, 0) is 11.2 Å². The fourth-order valence-electron chi connectivity index (χ4n) is 5.92. The number of fused-ring (bicyclic) bond motifs is 3. The molecule has 2 heterocycles. The van der Waals surface area contributed by atoms with Gasteiger partial charge in [-0.25, -0.2) is 4.79 Å². The Bertz CT molecular complexity index is 1070. The number of aryl methyl sites for hydroxylation is 1. The van der Waals surface area contributed by atoms with Crippen molar-refractivity contribution < 1.29 is 18.7 Å². The van der Waals surface area contributed by atoms with E-state index in [0.717, 1.165) is 36.8 Å². The van der Waals surface area contributed by atoms with Gasteiger partial charge in [0.1, 0.15) is 5.58 Å². The smallest absolute Gasteiger partial charge is 0.340 e. The molecule has 4 rings (SSSR count). The lowest BCUT2D eigenvalue weighted by Gasteiger charge is -2.39. The quantitative estimate of drug-likeness (QED) is 0.706. The molecule has 1 aromatic carbocycles. The molecular weight excluding hydrogens is 382 g/mol. The molecule has 0 spiro atoms. The van der Waals surface area contributed by atoms with E-state index in [1.54, 1.807) is 19.2 Å². The third kappa shape index (κ3) is 3.46. The van der Waals surface area contributed by atoms with Crippen LogP contribution in [0, 0.1) is 17.8 Å². The number of nitrogens with zero attached hydrogens (tertiary/aromatic N) is 1. The van der Waals surface area contributed by atoms with Crippen molar-refractivity contribution in [2.75, 3.05) is 20.8 Å². The number of ether oxygens (including phenoxy) is 2. The highest BCUT2D eigenvalue weighted by atomic mass is 16.5. The molecule has 2 bridgehead atoms. The van der Waals surface area contributed by atoms with Crippen LogP contribution in [0.4, 0.5) is 0 Å². The van der Waals surface area contributed by atoms with Gasteiger partial charge in [0, 0.05) is 24.0 Å². The number of methoxy groups -OCH3 is 2. The summed E-state index contributed by atoms with van der Waals surface area (Å²) in [6.45, 7) is 9.48. The maximum Gasteiger partial charge on any atom is 0.340 e. The second-order valence-electron chi connectivity index (χ2n) is 10.1. The molecule has 1 aromatic heterocycles. The number of amides is 1. The third-order valence-corrected chi connectivity index (χ3v) is 6.85. The van der Waals surface area contributed by atoms with E-state index in [0.29, 0.717) is 22.6 Å². The fraction of sp³-hybridized carbons (Fsp3) is 0.583. The van der Waals surface area contributed by atoms with Crippen molar-refractivity contribution in [1.82, 2.24) is 4.90 Å². The Kier molecular flexibility index (Phi) is 4.87. The maximum absolute atomic E-state index is 13.3. The zero-order valence-corrected chi connectivity index (χ0v) is 18.8. The average molecular weight is 414 g/mol. The minimum atomic E-state index is -0.464. The van der Waals surface area contributed by atoms with E-state index in [-0.39, 0.29) is 29.2 Å². The molecule has 30 heavy (non-hydrogen) atoms. The second-order valence-corrected chi connectivity index (χ2v) is 10.1. The van der Waals surface area contributed by atoms with Crippen LogP contribution in [0.2, 0.25) is 0 Å². The number of rotatable bonds is 4. The van der Waals surface area contributed by atoms with Crippen LogP contribution >= 0.6 is 0 Å². The molecular formula is C24H31NO5. The number of benzene rings is 1. The van der Waals surface area contributed by atoms with Crippen LogP contribution in [0.5, 0.6) is 11.5 Å². The number of hydrogen-bond acceptors (Lipinski definition) is 5. The Morgan fingerprint density at radius 2 is 1.83 bits per heavy atom. The Morgan fingerprint density at radius 1 is 1.17 bits per heavy atom. The first-order valence-corrected chi connectivity index (χ1v) is 10.5. The summed E-state index contributed by atoms with van der Waals surface area (Å²) in [7, 11) is 3.10. The van der Waals surface area contributed by atoms with Crippen LogP contribution in [0.1, 0.15) is 51.2 Å². The van der Waals surface area contributed by atoms with Crippen LogP contribution in [-0.4, -0.2) is 37.6 Å². The average Bonchev–Trinajstić information content (AvgIpc) is 2.92. The van der Waals surface area contributed by atoms with E-state index in [1.807, 2.05) is 11.8 Å². The van der Waals surface area contributed by atoms with Crippen molar-refractivity contribution in [1.29, 1.82) is 0 Å². The highest BCUT2D eigenvalue weighted by Crippen LogP contribution is 2.52. The van der Waals surface area contributed by atoms with Gasteiger partial charge in [0.25, 0.3) is 0 Å². The number of carbonyl (C=O) groups is 1. The normalized spacial score (nSPS) is 24.9. The Balaban J connectivity index is 1.67. The number of hydrogen-bond donors (Lipinski definition) is 0. The highest BCUT2D eigenvalue weighted by molar-refractivity contribution is 5.87. The monoisotopic (exact) mass is 413 g/mol. The summed E-state index contributed by atoms with van der Waals surface area (Å²) >= 11 is 0. The van der Waals surface area contributed by atoms with Gasteiger partial charge in [-0.1, -0.05) is 20.8 Å². The van der Waals surface area contributed by atoms with Gasteiger partial charge in [-0.05, 0) is 48.6 Å². The molecule has 1 saturated carbocycles. The lowest BCUT2D eigenvalue weighted by atomic mass is 9.65. The van der Waals surface area contributed by atoms with Crippen molar-refractivity contribution in [3.8, 4) is 11.5 Å².